The molecule has 0 radical (unpaired) electrons. The predicted octanol–water partition coefficient (Wildman–Crippen LogP) is 2.86. The zero-order chi connectivity index (χ0) is 26.1. The average molecular weight is 525 g/mol. The van der Waals surface area contributed by atoms with Crippen LogP contribution in [0.1, 0.15) is 39.1 Å². The van der Waals surface area contributed by atoms with Crippen LogP contribution < -0.4 is 4.74 Å². The minimum Gasteiger partial charge on any atom is -0.461 e. The van der Waals surface area contributed by atoms with Gasteiger partial charge in [-0.15, -0.1) is 11.3 Å². The number of aromatic nitrogens is 2. The van der Waals surface area contributed by atoms with Gasteiger partial charge in [0, 0.05) is 22.6 Å². The third kappa shape index (κ3) is 5.43. The van der Waals surface area contributed by atoms with E-state index in [0.717, 1.165) is 35.0 Å². The van der Waals surface area contributed by atoms with Crippen LogP contribution in [0.2, 0.25) is 0 Å². The van der Waals surface area contributed by atoms with Crippen molar-refractivity contribution in [1.82, 2.24) is 10.2 Å². The normalized spacial score (nSPS) is 24.0. The third-order valence-corrected chi connectivity index (χ3v) is 8.01. The lowest BCUT2D eigenvalue weighted by atomic mass is 9.99. The number of aliphatic hydroxyl groups is 4. The van der Waals surface area contributed by atoms with Crippen LogP contribution in [0, 0.1) is 6.92 Å². The van der Waals surface area contributed by atoms with E-state index in [0.29, 0.717) is 17.7 Å². The molecule has 4 aromatic rings. The van der Waals surface area contributed by atoms with E-state index < -0.39 is 37.3 Å². The van der Waals surface area contributed by atoms with E-state index in [1.165, 1.54) is 15.3 Å². The van der Waals surface area contributed by atoms with Crippen LogP contribution in [-0.4, -0.2) is 67.9 Å². The zero-order valence-corrected chi connectivity index (χ0v) is 21.6. The summed E-state index contributed by atoms with van der Waals surface area (Å²) in [6.07, 6.45) is -4.21. The van der Waals surface area contributed by atoms with E-state index in [9.17, 15) is 20.4 Å². The van der Waals surface area contributed by atoms with Gasteiger partial charge in [0.2, 0.25) is 6.29 Å². The van der Waals surface area contributed by atoms with Crippen molar-refractivity contribution in [2.75, 3.05) is 6.61 Å². The lowest BCUT2D eigenvalue weighted by molar-refractivity contribution is -0.277. The molecule has 5 rings (SSSR count). The maximum atomic E-state index is 10.5. The van der Waals surface area contributed by atoms with Gasteiger partial charge < -0.3 is 29.9 Å². The molecule has 0 aliphatic carbocycles. The van der Waals surface area contributed by atoms with Crippen LogP contribution in [0.15, 0.2) is 48.5 Å². The molecule has 0 bridgehead atoms. The first-order chi connectivity index (χ1) is 17.9. The Morgan fingerprint density at radius 3 is 2.32 bits per heavy atom. The molecule has 1 fully saturated rings. The highest BCUT2D eigenvalue weighted by atomic mass is 32.1. The SMILES string of the molecule is CCc1ccc(Cc2ccc(Cc3[nH]nc4cc(C)cc(OC5O[C@H](CO)[C@@H](O)[C@H](O)[C@H]5O)c34)cc2)s1. The Kier molecular flexibility index (Phi) is 7.62. The first-order valence-electron chi connectivity index (χ1n) is 12.5. The number of hydrogen-bond donors (Lipinski definition) is 5. The molecule has 37 heavy (non-hydrogen) atoms. The highest BCUT2D eigenvalue weighted by Gasteiger charge is 2.45. The largest absolute Gasteiger partial charge is 0.461 e. The number of benzene rings is 2. The molecular weight excluding hydrogens is 492 g/mol. The molecular formula is C28H32N2O6S. The summed E-state index contributed by atoms with van der Waals surface area (Å²) in [6.45, 7) is 3.56. The molecule has 1 aliphatic rings. The summed E-state index contributed by atoms with van der Waals surface area (Å²) in [5.41, 5.74) is 4.80. The van der Waals surface area contributed by atoms with Crippen molar-refractivity contribution in [2.45, 2.75) is 63.8 Å². The van der Waals surface area contributed by atoms with Gasteiger partial charge in [0.05, 0.1) is 23.2 Å². The van der Waals surface area contributed by atoms with Crippen LogP contribution in [-0.2, 0) is 24.0 Å². The minimum atomic E-state index is -1.51. The molecule has 5 atom stereocenters. The monoisotopic (exact) mass is 524 g/mol. The first kappa shape index (κ1) is 25.8. The van der Waals surface area contributed by atoms with Crippen molar-refractivity contribution in [3.8, 4) is 5.75 Å². The smallest absolute Gasteiger partial charge is 0.229 e. The lowest BCUT2D eigenvalue weighted by Gasteiger charge is -2.39. The van der Waals surface area contributed by atoms with E-state index in [-0.39, 0.29) is 0 Å². The van der Waals surface area contributed by atoms with Crippen molar-refractivity contribution in [3.63, 3.8) is 0 Å². The molecule has 1 unspecified atom stereocenters. The molecule has 196 valence electrons. The number of rotatable bonds is 8. The first-order valence-corrected chi connectivity index (χ1v) is 13.3. The lowest BCUT2D eigenvalue weighted by Crippen LogP contribution is -2.60. The van der Waals surface area contributed by atoms with Gasteiger partial charge in [0.15, 0.2) is 0 Å². The van der Waals surface area contributed by atoms with Crippen LogP contribution in [0.3, 0.4) is 0 Å². The molecule has 0 amide bonds. The van der Waals surface area contributed by atoms with Crippen molar-refractivity contribution in [1.29, 1.82) is 0 Å². The Morgan fingerprint density at radius 2 is 1.65 bits per heavy atom. The van der Waals surface area contributed by atoms with Gasteiger partial charge in [-0.05, 0) is 54.3 Å². The number of aromatic amines is 1. The summed E-state index contributed by atoms with van der Waals surface area (Å²) in [5.74, 6) is 0.434. The van der Waals surface area contributed by atoms with Crippen molar-refractivity contribution in [3.05, 3.63) is 80.7 Å². The molecule has 8 nitrogen and oxygen atoms in total. The molecule has 5 N–H and O–H groups in total. The Labute approximate surface area is 219 Å². The maximum Gasteiger partial charge on any atom is 0.229 e. The standard InChI is InChI=1S/C28H32N2O6S/c1-3-18-8-9-19(37-18)12-16-4-6-17(7-5-16)13-21-24-20(29-30-21)10-15(2)11-22(24)35-28-27(34)26(33)25(32)23(14-31)36-28/h4-11,23,25-28,31-34H,3,12-14H2,1-2H3,(H,29,30)/t23-,25-,26+,27-,28?/m1/s1. The summed E-state index contributed by atoms with van der Waals surface area (Å²) >= 11 is 1.86. The van der Waals surface area contributed by atoms with Crippen LogP contribution in [0.5, 0.6) is 5.75 Å². The Balaban J connectivity index is 1.37. The number of ether oxygens (including phenoxy) is 2. The van der Waals surface area contributed by atoms with Gasteiger partial charge >= 0.3 is 0 Å². The molecule has 1 aliphatic heterocycles. The fourth-order valence-electron chi connectivity index (χ4n) is 4.71. The van der Waals surface area contributed by atoms with Crippen molar-refractivity contribution >= 4 is 22.2 Å². The van der Waals surface area contributed by atoms with Gasteiger partial charge in [-0.1, -0.05) is 31.2 Å². The number of aryl methyl sites for hydroxylation is 2. The second-order valence-electron chi connectivity index (χ2n) is 9.57. The van der Waals surface area contributed by atoms with E-state index in [2.05, 4.69) is 53.5 Å². The summed E-state index contributed by atoms with van der Waals surface area (Å²) in [4.78, 5) is 2.75. The van der Waals surface area contributed by atoms with E-state index in [1.54, 1.807) is 0 Å². The second-order valence-corrected chi connectivity index (χ2v) is 10.8. The van der Waals surface area contributed by atoms with Crippen LogP contribution >= 0.6 is 11.3 Å². The van der Waals surface area contributed by atoms with Crippen LogP contribution in [0.25, 0.3) is 10.9 Å². The van der Waals surface area contributed by atoms with Crippen LogP contribution in [0.4, 0.5) is 0 Å². The van der Waals surface area contributed by atoms with Gasteiger partial charge in [0.1, 0.15) is 30.2 Å². The molecule has 2 aromatic heterocycles. The van der Waals surface area contributed by atoms with Crippen molar-refractivity contribution in [2.24, 2.45) is 0 Å². The number of H-pyrrole nitrogens is 1. The second kappa shape index (κ2) is 10.9. The number of nitrogens with zero attached hydrogens (tertiary/aromatic N) is 1. The number of fused-ring (bicyclic) bond motifs is 1. The van der Waals surface area contributed by atoms with Gasteiger partial charge in [-0.25, -0.2) is 0 Å². The third-order valence-electron chi connectivity index (χ3n) is 6.78. The van der Waals surface area contributed by atoms with E-state index in [1.807, 2.05) is 30.4 Å². The Morgan fingerprint density at radius 1 is 0.946 bits per heavy atom. The number of hydrogen-bond acceptors (Lipinski definition) is 8. The molecule has 9 heteroatoms. The van der Waals surface area contributed by atoms with Crippen molar-refractivity contribution < 1.29 is 29.9 Å². The van der Waals surface area contributed by atoms with Gasteiger partial charge in [-0.2, -0.15) is 5.10 Å². The topological polar surface area (TPSA) is 128 Å². The fraction of sp³-hybridized carbons (Fsp3) is 0.393. The minimum absolute atomic E-state index is 0.434. The van der Waals surface area contributed by atoms with Gasteiger partial charge in [0.25, 0.3) is 0 Å². The summed E-state index contributed by atoms with van der Waals surface area (Å²) in [5, 5.41) is 48.5. The number of nitrogens with one attached hydrogen (secondary N) is 1. The molecule has 0 spiro atoms. The summed E-state index contributed by atoms with van der Waals surface area (Å²) in [6, 6.07) is 16.7. The maximum absolute atomic E-state index is 10.5. The number of thiophene rings is 1. The Bertz CT molecular complexity index is 1350. The fourth-order valence-corrected chi connectivity index (χ4v) is 5.70. The Hall–Kier alpha value is -2.79. The summed E-state index contributed by atoms with van der Waals surface area (Å²) < 4.78 is 11.6. The molecule has 0 saturated carbocycles. The van der Waals surface area contributed by atoms with E-state index >= 15 is 0 Å². The number of aliphatic hydroxyl groups excluding tert-OH is 4. The molecule has 1 saturated heterocycles. The summed E-state index contributed by atoms with van der Waals surface area (Å²) in [7, 11) is 0. The predicted molar refractivity (Wildman–Crippen MR) is 141 cm³/mol. The zero-order valence-electron chi connectivity index (χ0n) is 20.8. The molecule has 3 heterocycles. The highest BCUT2D eigenvalue weighted by Crippen LogP contribution is 2.33. The molecule has 2 aromatic carbocycles. The highest BCUT2D eigenvalue weighted by molar-refractivity contribution is 7.12. The quantitative estimate of drug-likeness (QED) is 0.240. The van der Waals surface area contributed by atoms with E-state index in [4.69, 9.17) is 9.47 Å². The average Bonchev–Trinajstić information content (AvgIpc) is 3.52. The van der Waals surface area contributed by atoms with Gasteiger partial charge in [-0.3, -0.25) is 5.10 Å².